The molecule has 0 unspecified atom stereocenters. The predicted octanol–water partition coefficient (Wildman–Crippen LogP) is 0.363. The van der Waals surface area contributed by atoms with Gasteiger partial charge in [-0.2, -0.15) is 5.10 Å². The highest BCUT2D eigenvalue weighted by Gasteiger charge is 2.25. The first-order valence-corrected chi connectivity index (χ1v) is 7.49. The van der Waals surface area contributed by atoms with Crippen molar-refractivity contribution >= 4 is 5.91 Å². The summed E-state index contributed by atoms with van der Waals surface area (Å²) in [6.07, 6.45) is 7.05. The number of nitrogens with zero attached hydrogens (tertiary/aromatic N) is 4. The summed E-state index contributed by atoms with van der Waals surface area (Å²) in [5, 5.41) is 7.37. The summed E-state index contributed by atoms with van der Waals surface area (Å²) in [5.41, 5.74) is 2.33. The Hall–Kier alpha value is -2.32. The molecule has 0 spiro atoms. The molecular formula is C15H19N5O3. The van der Waals surface area contributed by atoms with E-state index in [4.69, 9.17) is 9.47 Å². The Morgan fingerprint density at radius 2 is 2.43 bits per heavy atom. The van der Waals surface area contributed by atoms with Gasteiger partial charge in [0, 0.05) is 32.2 Å². The van der Waals surface area contributed by atoms with E-state index in [1.54, 1.807) is 7.11 Å². The van der Waals surface area contributed by atoms with Crippen molar-refractivity contribution in [3.05, 3.63) is 41.7 Å². The number of carbonyl (C=O) groups excluding carboxylic acids is 1. The van der Waals surface area contributed by atoms with E-state index in [9.17, 15) is 4.79 Å². The highest BCUT2D eigenvalue weighted by atomic mass is 16.5. The molecule has 0 saturated carbocycles. The van der Waals surface area contributed by atoms with Crippen molar-refractivity contribution in [1.82, 2.24) is 25.1 Å². The number of fused-ring (bicyclic) bond motifs is 1. The summed E-state index contributed by atoms with van der Waals surface area (Å²) in [5.74, 6) is -0.271. The molecule has 3 heterocycles. The zero-order valence-corrected chi connectivity index (χ0v) is 12.9. The van der Waals surface area contributed by atoms with E-state index >= 15 is 0 Å². The number of rotatable bonds is 6. The second-order valence-electron chi connectivity index (χ2n) is 5.21. The van der Waals surface area contributed by atoms with Crippen molar-refractivity contribution in [2.24, 2.45) is 0 Å². The monoisotopic (exact) mass is 317 g/mol. The first kappa shape index (κ1) is 15.6. The van der Waals surface area contributed by atoms with Crippen LogP contribution < -0.4 is 5.32 Å². The van der Waals surface area contributed by atoms with Crippen LogP contribution >= 0.6 is 0 Å². The molecule has 1 aliphatic heterocycles. The lowest BCUT2D eigenvalue weighted by molar-refractivity contribution is 0.0381. The molecule has 1 amide bonds. The minimum atomic E-state index is -0.271. The zero-order valence-electron chi connectivity index (χ0n) is 12.9. The molecule has 2 aromatic rings. The fourth-order valence-electron chi connectivity index (χ4n) is 2.48. The quantitative estimate of drug-likeness (QED) is 0.827. The fraction of sp³-hybridized carbons (Fsp3) is 0.467. The van der Waals surface area contributed by atoms with E-state index in [1.165, 1.54) is 18.6 Å². The Morgan fingerprint density at radius 1 is 1.52 bits per heavy atom. The van der Waals surface area contributed by atoms with Gasteiger partial charge in [-0.05, 0) is 12.0 Å². The van der Waals surface area contributed by atoms with Crippen LogP contribution in [0.4, 0.5) is 0 Å². The van der Waals surface area contributed by atoms with Gasteiger partial charge in [0.05, 0.1) is 31.6 Å². The Labute approximate surface area is 133 Å². The second-order valence-corrected chi connectivity index (χ2v) is 5.21. The van der Waals surface area contributed by atoms with Crippen LogP contribution in [0.1, 0.15) is 27.8 Å². The molecule has 0 fully saturated rings. The van der Waals surface area contributed by atoms with Crippen molar-refractivity contribution < 1.29 is 14.3 Å². The van der Waals surface area contributed by atoms with E-state index in [2.05, 4.69) is 20.4 Å². The lowest BCUT2D eigenvalue weighted by Crippen LogP contribution is -2.32. The molecule has 0 aromatic carbocycles. The minimum absolute atomic E-state index is 0.247. The third-order valence-electron chi connectivity index (χ3n) is 3.63. The molecule has 3 rings (SSSR count). The van der Waals surface area contributed by atoms with Crippen LogP contribution in [-0.2, 0) is 22.4 Å². The maximum absolute atomic E-state index is 12.0. The van der Waals surface area contributed by atoms with Crippen LogP contribution in [0.2, 0.25) is 0 Å². The van der Waals surface area contributed by atoms with E-state index in [-0.39, 0.29) is 17.7 Å². The summed E-state index contributed by atoms with van der Waals surface area (Å²) >= 11 is 0. The highest BCUT2D eigenvalue weighted by molar-refractivity contribution is 5.91. The Balaban J connectivity index is 1.64. The lowest BCUT2D eigenvalue weighted by atomic mass is 10.1. The van der Waals surface area contributed by atoms with E-state index in [1.807, 2.05) is 10.9 Å². The lowest BCUT2D eigenvalue weighted by Gasteiger charge is -2.22. The standard InChI is InChI=1S/C15H19N5O3/c1-22-7-5-20-10-11-2-6-23-13(14(11)19-20)9-18-15(21)12-8-16-3-4-17-12/h3-4,8,10,13H,2,5-7,9H2,1H3,(H,18,21)/t13-/m0/s1. The highest BCUT2D eigenvalue weighted by Crippen LogP contribution is 2.25. The molecule has 2 aromatic heterocycles. The average Bonchev–Trinajstić information content (AvgIpc) is 3.02. The molecule has 8 heteroatoms. The number of carbonyl (C=O) groups is 1. The Bertz CT molecular complexity index is 658. The molecule has 1 aliphatic rings. The maximum atomic E-state index is 12.0. The molecule has 1 atom stereocenters. The molecule has 23 heavy (non-hydrogen) atoms. The number of ether oxygens (including phenoxy) is 2. The second kappa shape index (κ2) is 7.30. The van der Waals surface area contributed by atoms with Gasteiger partial charge in [0.25, 0.3) is 5.91 Å². The largest absolute Gasteiger partial charge is 0.383 e. The van der Waals surface area contributed by atoms with Gasteiger partial charge >= 0.3 is 0 Å². The van der Waals surface area contributed by atoms with Gasteiger partial charge in [0.2, 0.25) is 0 Å². The van der Waals surface area contributed by atoms with Gasteiger partial charge in [0.1, 0.15) is 11.8 Å². The van der Waals surface area contributed by atoms with Crippen LogP contribution in [-0.4, -0.2) is 52.5 Å². The number of hydrogen-bond donors (Lipinski definition) is 1. The number of methoxy groups -OCH3 is 1. The van der Waals surface area contributed by atoms with Crippen LogP contribution in [0.15, 0.2) is 24.8 Å². The van der Waals surface area contributed by atoms with Crippen molar-refractivity contribution in [2.45, 2.75) is 19.1 Å². The molecule has 0 bridgehead atoms. The SMILES string of the molecule is COCCn1cc2c(n1)[C@H](CNC(=O)c1cnccn1)OCC2. The third kappa shape index (κ3) is 3.72. The number of hydrogen-bond acceptors (Lipinski definition) is 6. The molecule has 1 N–H and O–H groups in total. The zero-order chi connectivity index (χ0) is 16.1. The molecule has 8 nitrogen and oxygen atoms in total. The van der Waals surface area contributed by atoms with Crippen LogP contribution in [0.5, 0.6) is 0 Å². The third-order valence-corrected chi connectivity index (χ3v) is 3.63. The summed E-state index contributed by atoms with van der Waals surface area (Å²) in [7, 11) is 1.66. The van der Waals surface area contributed by atoms with Gasteiger partial charge in [0.15, 0.2) is 0 Å². The van der Waals surface area contributed by atoms with Gasteiger partial charge < -0.3 is 14.8 Å². The van der Waals surface area contributed by atoms with Gasteiger partial charge in [-0.15, -0.1) is 0 Å². The summed E-state index contributed by atoms with van der Waals surface area (Å²) < 4.78 is 12.7. The first-order chi connectivity index (χ1) is 11.3. The number of nitrogens with one attached hydrogen (secondary N) is 1. The first-order valence-electron chi connectivity index (χ1n) is 7.49. The smallest absolute Gasteiger partial charge is 0.271 e. The van der Waals surface area contributed by atoms with E-state index < -0.39 is 0 Å². The minimum Gasteiger partial charge on any atom is -0.383 e. The number of amides is 1. The van der Waals surface area contributed by atoms with Crippen molar-refractivity contribution in [3.63, 3.8) is 0 Å². The summed E-state index contributed by atoms with van der Waals surface area (Å²) in [4.78, 5) is 19.9. The van der Waals surface area contributed by atoms with Gasteiger partial charge in [-0.1, -0.05) is 0 Å². The van der Waals surface area contributed by atoms with E-state index in [0.29, 0.717) is 26.3 Å². The molecule has 0 radical (unpaired) electrons. The molecular weight excluding hydrogens is 298 g/mol. The van der Waals surface area contributed by atoms with Gasteiger partial charge in [-0.25, -0.2) is 4.98 Å². The molecule has 122 valence electrons. The molecule has 0 aliphatic carbocycles. The predicted molar refractivity (Wildman–Crippen MR) is 80.9 cm³/mol. The summed E-state index contributed by atoms with van der Waals surface area (Å²) in [6, 6.07) is 0. The van der Waals surface area contributed by atoms with Crippen molar-refractivity contribution in [1.29, 1.82) is 0 Å². The number of aromatic nitrogens is 4. The maximum Gasteiger partial charge on any atom is 0.271 e. The van der Waals surface area contributed by atoms with Crippen molar-refractivity contribution in [2.75, 3.05) is 26.9 Å². The Morgan fingerprint density at radius 3 is 3.22 bits per heavy atom. The summed E-state index contributed by atoms with van der Waals surface area (Å²) in [6.45, 7) is 2.27. The Kier molecular flexibility index (Phi) is 4.94. The van der Waals surface area contributed by atoms with Gasteiger partial charge in [-0.3, -0.25) is 14.5 Å². The van der Waals surface area contributed by atoms with Crippen LogP contribution in [0.3, 0.4) is 0 Å². The molecule has 0 saturated heterocycles. The normalized spacial score (nSPS) is 16.8. The fourth-order valence-corrected chi connectivity index (χ4v) is 2.48. The van der Waals surface area contributed by atoms with E-state index in [0.717, 1.165) is 17.7 Å². The average molecular weight is 317 g/mol. The van der Waals surface area contributed by atoms with Crippen LogP contribution in [0, 0.1) is 0 Å². The van der Waals surface area contributed by atoms with Crippen molar-refractivity contribution in [3.8, 4) is 0 Å². The topological polar surface area (TPSA) is 91.2 Å². The van der Waals surface area contributed by atoms with Crippen LogP contribution in [0.25, 0.3) is 0 Å².